The van der Waals surface area contributed by atoms with Crippen molar-refractivity contribution < 1.29 is 28.0 Å². The van der Waals surface area contributed by atoms with Crippen molar-refractivity contribution in [1.29, 1.82) is 0 Å². The number of nitro benzene ring substituents is 1. The lowest BCUT2D eigenvalue weighted by Crippen LogP contribution is -2.17. The van der Waals surface area contributed by atoms with Crippen molar-refractivity contribution in [3.63, 3.8) is 0 Å². The summed E-state index contributed by atoms with van der Waals surface area (Å²) in [6, 6.07) is 18.2. The van der Waals surface area contributed by atoms with E-state index in [-0.39, 0.29) is 18.0 Å². The first kappa shape index (κ1) is 22.3. The fraction of sp³-hybridized carbons (Fsp3) is 0.0909. The zero-order valence-electron chi connectivity index (χ0n) is 16.5. The van der Waals surface area contributed by atoms with E-state index in [9.17, 15) is 23.7 Å². The van der Waals surface area contributed by atoms with Gasteiger partial charge in [-0.1, -0.05) is 12.1 Å². The molecule has 8 nitrogen and oxygen atoms in total. The highest BCUT2D eigenvalue weighted by atomic mass is 19.3. The number of carbonyl (C=O) groups is 1. The van der Waals surface area contributed by atoms with Crippen LogP contribution in [0.15, 0.2) is 77.9 Å². The summed E-state index contributed by atoms with van der Waals surface area (Å²) in [5.74, 6) is 0.0844. The molecule has 0 saturated heterocycles. The van der Waals surface area contributed by atoms with Crippen LogP contribution >= 0.6 is 0 Å². The van der Waals surface area contributed by atoms with Gasteiger partial charge in [-0.2, -0.15) is 13.9 Å². The summed E-state index contributed by atoms with van der Waals surface area (Å²) in [5, 5.41) is 14.5. The van der Waals surface area contributed by atoms with E-state index < -0.39 is 17.4 Å². The van der Waals surface area contributed by atoms with Gasteiger partial charge in [0.15, 0.2) is 0 Å². The van der Waals surface area contributed by atoms with Crippen LogP contribution in [0.3, 0.4) is 0 Å². The Kier molecular flexibility index (Phi) is 7.42. The highest BCUT2D eigenvalue weighted by Gasteiger charge is 2.07. The molecule has 3 aromatic carbocycles. The number of hydrogen-bond acceptors (Lipinski definition) is 6. The summed E-state index contributed by atoms with van der Waals surface area (Å²) in [6.07, 6.45) is 1.37. The molecule has 3 aromatic rings. The van der Waals surface area contributed by atoms with Gasteiger partial charge in [0.05, 0.1) is 11.1 Å². The monoisotopic (exact) mass is 441 g/mol. The van der Waals surface area contributed by atoms with Crippen molar-refractivity contribution in [2.24, 2.45) is 5.10 Å². The van der Waals surface area contributed by atoms with Crippen LogP contribution in [0.2, 0.25) is 0 Å². The van der Waals surface area contributed by atoms with Crippen molar-refractivity contribution in [1.82, 2.24) is 5.43 Å². The maximum Gasteiger partial charge on any atom is 0.387 e. The zero-order chi connectivity index (χ0) is 22.9. The topological polar surface area (TPSA) is 103 Å². The molecule has 164 valence electrons. The average molecular weight is 441 g/mol. The Morgan fingerprint density at radius 2 is 1.62 bits per heavy atom. The van der Waals surface area contributed by atoms with Crippen LogP contribution in [-0.2, 0) is 6.61 Å². The predicted molar refractivity (Wildman–Crippen MR) is 112 cm³/mol. The van der Waals surface area contributed by atoms with Gasteiger partial charge in [0, 0.05) is 17.7 Å². The lowest BCUT2D eigenvalue weighted by atomic mass is 10.1. The highest BCUT2D eigenvalue weighted by molar-refractivity contribution is 5.94. The van der Waals surface area contributed by atoms with Gasteiger partial charge in [-0.05, 0) is 59.7 Å². The van der Waals surface area contributed by atoms with Crippen molar-refractivity contribution in [2.45, 2.75) is 13.2 Å². The Balaban J connectivity index is 1.49. The number of nitrogens with one attached hydrogen (secondary N) is 1. The first-order valence-electron chi connectivity index (χ1n) is 9.25. The van der Waals surface area contributed by atoms with Crippen LogP contribution in [-0.4, -0.2) is 23.7 Å². The molecule has 0 saturated carbocycles. The number of rotatable bonds is 9. The minimum absolute atomic E-state index is 0.0202. The van der Waals surface area contributed by atoms with Crippen LogP contribution < -0.4 is 14.9 Å². The summed E-state index contributed by atoms with van der Waals surface area (Å²) in [6.45, 7) is -2.67. The van der Waals surface area contributed by atoms with Crippen molar-refractivity contribution >= 4 is 17.8 Å². The zero-order valence-corrected chi connectivity index (χ0v) is 16.5. The summed E-state index contributed by atoms with van der Waals surface area (Å²) in [5.41, 5.74) is 4.12. The molecule has 0 aromatic heterocycles. The van der Waals surface area contributed by atoms with Gasteiger partial charge in [-0.15, -0.1) is 0 Å². The molecule has 0 spiro atoms. The van der Waals surface area contributed by atoms with E-state index in [2.05, 4.69) is 15.3 Å². The number of hydrogen-bond donors (Lipinski definition) is 1. The number of carbonyl (C=O) groups excluding carboxylic acids is 1. The minimum Gasteiger partial charge on any atom is -0.489 e. The number of nitrogens with zero attached hydrogens (tertiary/aromatic N) is 2. The normalized spacial score (nSPS) is 10.8. The molecule has 10 heteroatoms. The second kappa shape index (κ2) is 10.6. The molecule has 0 bridgehead atoms. The maximum absolute atomic E-state index is 12.2. The van der Waals surface area contributed by atoms with E-state index in [1.165, 1.54) is 54.7 Å². The fourth-order valence-corrected chi connectivity index (χ4v) is 2.55. The highest BCUT2D eigenvalue weighted by Crippen LogP contribution is 2.18. The molecule has 0 unspecified atom stereocenters. The number of hydrazone groups is 1. The van der Waals surface area contributed by atoms with E-state index in [1.807, 2.05) is 0 Å². The first-order valence-corrected chi connectivity index (χ1v) is 9.25. The fourth-order valence-electron chi connectivity index (χ4n) is 2.55. The van der Waals surface area contributed by atoms with E-state index >= 15 is 0 Å². The molecule has 1 N–H and O–H groups in total. The Morgan fingerprint density at radius 1 is 1.00 bits per heavy atom. The number of alkyl halides is 2. The predicted octanol–water partition coefficient (Wildman–Crippen LogP) is 4.54. The average Bonchev–Trinajstić information content (AvgIpc) is 2.79. The van der Waals surface area contributed by atoms with Crippen LogP contribution in [0.25, 0.3) is 0 Å². The molecule has 3 rings (SSSR count). The largest absolute Gasteiger partial charge is 0.489 e. The third kappa shape index (κ3) is 6.59. The van der Waals surface area contributed by atoms with Crippen LogP contribution in [0, 0.1) is 10.1 Å². The summed E-state index contributed by atoms with van der Waals surface area (Å²) in [4.78, 5) is 22.3. The van der Waals surface area contributed by atoms with Gasteiger partial charge >= 0.3 is 6.61 Å². The molecule has 1 amide bonds. The molecule has 0 fully saturated rings. The molecule has 0 aliphatic rings. The van der Waals surface area contributed by atoms with Crippen molar-refractivity contribution in [2.75, 3.05) is 0 Å². The smallest absolute Gasteiger partial charge is 0.387 e. The Morgan fingerprint density at radius 3 is 2.22 bits per heavy atom. The standard InChI is InChI=1S/C22H17F2N3O5/c23-22(24)32-20-9-3-15(4-10-20)13-25-26-21(28)17-5-1-16(2-6-17)14-31-19-11-7-18(8-12-19)27(29)30/h1-13,22H,14H2,(H,26,28)/b25-13+. The van der Waals surface area contributed by atoms with E-state index in [4.69, 9.17) is 4.74 Å². The lowest BCUT2D eigenvalue weighted by Gasteiger charge is -2.07. The molecule has 0 aliphatic carbocycles. The van der Waals surface area contributed by atoms with Gasteiger partial charge in [0.2, 0.25) is 0 Å². The number of non-ortho nitro benzene ring substituents is 1. The van der Waals surface area contributed by atoms with E-state index in [1.54, 1.807) is 24.3 Å². The molecule has 0 aliphatic heterocycles. The molecule has 0 radical (unpaired) electrons. The van der Waals surface area contributed by atoms with Crippen LogP contribution in [0.4, 0.5) is 14.5 Å². The first-order chi connectivity index (χ1) is 15.4. The van der Waals surface area contributed by atoms with Gasteiger partial charge in [-0.25, -0.2) is 5.43 Å². The SMILES string of the molecule is O=C(N/N=C/c1ccc(OC(F)F)cc1)c1ccc(COc2ccc([N+](=O)[O-])cc2)cc1. The number of amides is 1. The van der Waals surface area contributed by atoms with Gasteiger partial charge in [0.25, 0.3) is 11.6 Å². The molecular formula is C22H17F2N3O5. The quantitative estimate of drug-likeness (QED) is 0.298. The number of halogens is 2. The Bertz CT molecular complexity index is 1090. The van der Waals surface area contributed by atoms with Crippen molar-refractivity contribution in [3.05, 3.63) is 99.6 Å². The maximum atomic E-state index is 12.2. The van der Waals surface area contributed by atoms with Gasteiger partial charge in [0.1, 0.15) is 18.1 Å². The Hall–Kier alpha value is -4.34. The van der Waals surface area contributed by atoms with Crippen LogP contribution in [0.5, 0.6) is 11.5 Å². The second-order valence-corrected chi connectivity index (χ2v) is 6.38. The molecule has 0 heterocycles. The number of ether oxygens (including phenoxy) is 2. The molecule has 0 atom stereocenters. The third-order valence-corrected chi connectivity index (χ3v) is 4.15. The van der Waals surface area contributed by atoms with Crippen molar-refractivity contribution in [3.8, 4) is 11.5 Å². The summed E-state index contributed by atoms with van der Waals surface area (Å²) < 4.78 is 34.1. The van der Waals surface area contributed by atoms with Gasteiger partial charge < -0.3 is 9.47 Å². The second-order valence-electron chi connectivity index (χ2n) is 6.38. The van der Waals surface area contributed by atoms with E-state index in [0.29, 0.717) is 16.9 Å². The minimum atomic E-state index is -2.89. The third-order valence-electron chi connectivity index (χ3n) is 4.15. The molecule has 32 heavy (non-hydrogen) atoms. The number of nitro groups is 1. The number of benzene rings is 3. The van der Waals surface area contributed by atoms with Crippen LogP contribution in [0.1, 0.15) is 21.5 Å². The Labute approximate surface area is 181 Å². The summed E-state index contributed by atoms with van der Waals surface area (Å²) in [7, 11) is 0. The summed E-state index contributed by atoms with van der Waals surface area (Å²) >= 11 is 0. The van der Waals surface area contributed by atoms with E-state index in [0.717, 1.165) is 5.56 Å². The molecular weight excluding hydrogens is 424 g/mol. The lowest BCUT2D eigenvalue weighted by molar-refractivity contribution is -0.384. The van der Waals surface area contributed by atoms with Gasteiger partial charge in [-0.3, -0.25) is 14.9 Å².